The van der Waals surface area contributed by atoms with Gasteiger partial charge >= 0.3 is 0 Å². The standard InChI is InChI=1S/C12H13BrFN3O3S/c1-8-4-10(13)11(14)5-12(8)16-21(19,20)9-6-15-17(7-9)2-3-18/h4-7,16,18H,2-3H2,1H3. The molecule has 1 aromatic carbocycles. The molecule has 0 saturated carbocycles. The molecule has 1 heterocycles. The van der Waals surface area contributed by atoms with E-state index in [2.05, 4.69) is 25.8 Å². The molecule has 2 N–H and O–H groups in total. The molecule has 0 aliphatic carbocycles. The third-order valence-electron chi connectivity index (χ3n) is 2.76. The number of aryl methyl sites for hydroxylation is 1. The van der Waals surface area contributed by atoms with E-state index in [0.29, 0.717) is 5.56 Å². The normalized spacial score (nSPS) is 11.6. The summed E-state index contributed by atoms with van der Waals surface area (Å²) in [6.45, 7) is 1.71. The van der Waals surface area contributed by atoms with Gasteiger partial charge in [-0.05, 0) is 40.5 Å². The average Bonchev–Trinajstić information content (AvgIpc) is 2.86. The smallest absolute Gasteiger partial charge is 0.265 e. The van der Waals surface area contributed by atoms with Crippen molar-refractivity contribution in [3.63, 3.8) is 0 Å². The third kappa shape index (κ3) is 3.60. The van der Waals surface area contributed by atoms with Gasteiger partial charge in [-0.1, -0.05) is 0 Å². The van der Waals surface area contributed by atoms with Gasteiger partial charge in [0, 0.05) is 6.20 Å². The number of aliphatic hydroxyl groups is 1. The molecule has 0 atom stereocenters. The first-order chi connectivity index (χ1) is 9.83. The molecule has 6 nitrogen and oxygen atoms in total. The monoisotopic (exact) mass is 377 g/mol. The Hall–Kier alpha value is -1.45. The van der Waals surface area contributed by atoms with Crippen LogP contribution in [0.3, 0.4) is 0 Å². The van der Waals surface area contributed by atoms with Crippen molar-refractivity contribution in [1.29, 1.82) is 0 Å². The van der Waals surface area contributed by atoms with E-state index in [0.717, 1.165) is 6.07 Å². The van der Waals surface area contributed by atoms with Crippen LogP contribution in [-0.2, 0) is 16.6 Å². The van der Waals surface area contributed by atoms with E-state index in [9.17, 15) is 12.8 Å². The number of halogens is 2. The predicted molar refractivity (Wildman–Crippen MR) is 79.0 cm³/mol. The number of nitrogens with one attached hydrogen (secondary N) is 1. The van der Waals surface area contributed by atoms with E-state index in [1.165, 1.54) is 23.1 Å². The molecule has 0 unspecified atom stereocenters. The second-order valence-corrected chi connectivity index (χ2v) is 6.89. The lowest BCUT2D eigenvalue weighted by atomic mass is 10.2. The van der Waals surface area contributed by atoms with Crippen LogP contribution in [0, 0.1) is 12.7 Å². The van der Waals surface area contributed by atoms with Gasteiger partial charge in [-0.3, -0.25) is 9.40 Å². The van der Waals surface area contributed by atoms with Crippen LogP contribution in [0.2, 0.25) is 0 Å². The van der Waals surface area contributed by atoms with Gasteiger partial charge in [0.1, 0.15) is 10.7 Å². The van der Waals surface area contributed by atoms with Crippen molar-refractivity contribution in [3.8, 4) is 0 Å². The largest absolute Gasteiger partial charge is 0.394 e. The average molecular weight is 378 g/mol. The first-order valence-corrected chi connectivity index (χ1v) is 8.23. The van der Waals surface area contributed by atoms with Crippen LogP contribution in [-0.4, -0.2) is 29.9 Å². The van der Waals surface area contributed by atoms with Crippen LogP contribution in [0.5, 0.6) is 0 Å². The molecule has 0 spiro atoms. The summed E-state index contributed by atoms with van der Waals surface area (Å²) in [6.07, 6.45) is 2.46. The summed E-state index contributed by atoms with van der Waals surface area (Å²) >= 11 is 3.04. The maximum Gasteiger partial charge on any atom is 0.265 e. The summed E-state index contributed by atoms with van der Waals surface area (Å²) in [5, 5.41) is 12.6. The van der Waals surface area contributed by atoms with E-state index in [4.69, 9.17) is 5.11 Å². The molecular weight excluding hydrogens is 365 g/mol. The number of hydrogen-bond donors (Lipinski definition) is 2. The highest BCUT2D eigenvalue weighted by molar-refractivity contribution is 9.10. The Labute approximate surface area is 129 Å². The minimum absolute atomic E-state index is 0.0568. The fourth-order valence-corrected chi connectivity index (χ4v) is 3.20. The molecule has 0 aliphatic rings. The zero-order valence-corrected chi connectivity index (χ0v) is 13.4. The predicted octanol–water partition coefficient (Wildman–Crippen LogP) is 1.89. The van der Waals surface area contributed by atoms with E-state index in [-0.39, 0.29) is 28.2 Å². The maximum absolute atomic E-state index is 13.5. The highest BCUT2D eigenvalue weighted by Crippen LogP contribution is 2.25. The van der Waals surface area contributed by atoms with Crippen LogP contribution in [0.4, 0.5) is 10.1 Å². The molecule has 0 amide bonds. The van der Waals surface area contributed by atoms with Crippen LogP contribution < -0.4 is 4.72 Å². The molecule has 0 bridgehead atoms. The molecule has 21 heavy (non-hydrogen) atoms. The van der Waals surface area contributed by atoms with Crippen molar-refractivity contribution in [3.05, 3.63) is 40.4 Å². The molecule has 2 rings (SSSR count). The third-order valence-corrected chi connectivity index (χ3v) is 4.69. The molecule has 2 aromatic rings. The summed E-state index contributed by atoms with van der Waals surface area (Å²) in [5.41, 5.74) is 0.736. The molecule has 0 saturated heterocycles. The molecule has 9 heteroatoms. The highest BCUT2D eigenvalue weighted by atomic mass is 79.9. The van der Waals surface area contributed by atoms with Crippen molar-refractivity contribution < 1.29 is 17.9 Å². The number of hydrogen-bond acceptors (Lipinski definition) is 4. The second kappa shape index (κ2) is 6.12. The summed E-state index contributed by atoms with van der Waals surface area (Å²) in [4.78, 5) is -0.0568. The Morgan fingerprint density at radius 1 is 1.48 bits per heavy atom. The minimum Gasteiger partial charge on any atom is -0.394 e. The molecule has 0 radical (unpaired) electrons. The number of aliphatic hydroxyl groups excluding tert-OH is 1. The fraction of sp³-hybridized carbons (Fsp3) is 0.250. The lowest BCUT2D eigenvalue weighted by Crippen LogP contribution is -2.13. The number of anilines is 1. The van der Waals surface area contributed by atoms with E-state index in [1.54, 1.807) is 6.92 Å². The molecule has 0 aliphatic heterocycles. The fourth-order valence-electron chi connectivity index (χ4n) is 1.67. The van der Waals surface area contributed by atoms with Crippen LogP contribution in [0.15, 0.2) is 33.9 Å². The lowest BCUT2D eigenvalue weighted by Gasteiger charge is -2.10. The Balaban J connectivity index is 2.30. The zero-order valence-electron chi connectivity index (χ0n) is 11.0. The second-order valence-electron chi connectivity index (χ2n) is 4.35. The highest BCUT2D eigenvalue weighted by Gasteiger charge is 2.18. The summed E-state index contributed by atoms with van der Waals surface area (Å²) in [6, 6.07) is 2.59. The number of benzene rings is 1. The van der Waals surface area contributed by atoms with Crippen LogP contribution >= 0.6 is 15.9 Å². The topological polar surface area (TPSA) is 84.2 Å². The number of sulfonamides is 1. The Kier molecular flexibility index (Phi) is 4.64. The van der Waals surface area contributed by atoms with Crippen molar-refractivity contribution >= 4 is 31.6 Å². The molecule has 1 aromatic heterocycles. The van der Waals surface area contributed by atoms with Gasteiger partial charge in [0.25, 0.3) is 10.0 Å². The molecule has 0 fully saturated rings. The van der Waals surface area contributed by atoms with Gasteiger partial charge in [-0.25, -0.2) is 12.8 Å². The Morgan fingerprint density at radius 3 is 2.86 bits per heavy atom. The minimum atomic E-state index is -3.86. The van der Waals surface area contributed by atoms with Crippen molar-refractivity contribution in [2.24, 2.45) is 0 Å². The Bertz CT molecular complexity index is 761. The van der Waals surface area contributed by atoms with Crippen LogP contribution in [0.1, 0.15) is 5.56 Å². The summed E-state index contributed by atoms with van der Waals surface area (Å²) < 4.78 is 41.8. The molecule has 114 valence electrons. The van der Waals surface area contributed by atoms with Crippen molar-refractivity contribution in [1.82, 2.24) is 9.78 Å². The summed E-state index contributed by atoms with van der Waals surface area (Å²) in [7, 11) is -3.86. The number of aromatic nitrogens is 2. The first-order valence-electron chi connectivity index (χ1n) is 5.95. The van der Waals surface area contributed by atoms with Crippen LogP contribution in [0.25, 0.3) is 0 Å². The van der Waals surface area contributed by atoms with Crippen molar-refractivity contribution in [2.75, 3.05) is 11.3 Å². The van der Waals surface area contributed by atoms with Gasteiger partial charge in [-0.2, -0.15) is 5.10 Å². The van der Waals surface area contributed by atoms with E-state index in [1.807, 2.05) is 0 Å². The number of nitrogens with zero attached hydrogens (tertiary/aromatic N) is 2. The van der Waals surface area contributed by atoms with E-state index < -0.39 is 15.8 Å². The quantitative estimate of drug-likeness (QED) is 0.832. The SMILES string of the molecule is Cc1cc(Br)c(F)cc1NS(=O)(=O)c1cnn(CCO)c1. The van der Waals surface area contributed by atoms with E-state index >= 15 is 0 Å². The van der Waals surface area contributed by atoms with Gasteiger partial charge < -0.3 is 5.11 Å². The zero-order chi connectivity index (χ0) is 15.6. The lowest BCUT2D eigenvalue weighted by molar-refractivity contribution is 0.269. The van der Waals surface area contributed by atoms with Gasteiger partial charge in [0.05, 0.1) is 29.5 Å². The van der Waals surface area contributed by atoms with Crippen molar-refractivity contribution in [2.45, 2.75) is 18.4 Å². The Morgan fingerprint density at radius 2 is 2.19 bits per heavy atom. The first kappa shape index (κ1) is 15.9. The maximum atomic E-state index is 13.5. The van der Waals surface area contributed by atoms with Gasteiger partial charge in [0.15, 0.2) is 0 Å². The molecular formula is C12H13BrFN3O3S. The summed E-state index contributed by atoms with van der Waals surface area (Å²) in [5.74, 6) is -0.561. The van der Waals surface area contributed by atoms with Gasteiger partial charge in [-0.15, -0.1) is 0 Å². The number of rotatable bonds is 5. The van der Waals surface area contributed by atoms with Gasteiger partial charge in [0.2, 0.25) is 0 Å².